The van der Waals surface area contributed by atoms with Crippen LogP contribution in [0.3, 0.4) is 0 Å². The third kappa shape index (κ3) is 39.9. The van der Waals surface area contributed by atoms with Crippen LogP contribution in [0.1, 0.15) is 155 Å². The molecule has 0 aliphatic carbocycles. The first kappa shape index (κ1) is 53.7. The molecule has 0 aromatic carbocycles. The van der Waals surface area contributed by atoms with Crippen LogP contribution in [-0.4, -0.2) is 81.2 Å². The number of likely N-dealkylation sites (N-methyl/N-ethyl adjacent to an activating group) is 1. The van der Waals surface area contributed by atoms with Crippen molar-refractivity contribution in [2.24, 2.45) is 0 Å². The highest BCUT2D eigenvalue weighted by atomic mass is 31.2. The summed E-state index contributed by atoms with van der Waals surface area (Å²) >= 11 is 0. The summed E-state index contributed by atoms with van der Waals surface area (Å²) in [5, 5.41) is 9.48. The fourth-order valence-corrected chi connectivity index (χ4v) is 6.13. The van der Waals surface area contributed by atoms with Crippen molar-refractivity contribution >= 4 is 19.8 Å². The van der Waals surface area contributed by atoms with E-state index in [0.29, 0.717) is 30.3 Å². The van der Waals surface area contributed by atoms with Gasteiger partial charge in [0.05, 0.1) is 33.9 Å². The summed E-state index contributed by atoms with van der Waals surface area (Å²) in [6.45, 7) is 3.81. The van der Waals surface area contributed by atoms with E-state index in [-0.39, 0.29) is 32.2 Å². The number of unbranched alkanes of at least 4 members (excludes halogenated alkanes) is 14. The molecular formula is C45H80NO9P. The van der Waals surface area contributed by atoms with Gasteiger partial charge in [-0.05, 0) is 44.9 Å². The number of phosphoric ester groups is 1. The number of rotatable bonds is 38. The van der Waals surface area contributed by atoms with E-state index in [0.717, 1.165) is 38.5 Å². The standard InChI is InChI=1S/C45H80NO9P/c1-6-8-9-10-11-12-13-14-18-21-24-27-30-33-36-44(48)52-40-43(41-54-56(50,51)53-39-38-46(3,4)5)55-45(49)37-34-31-28-25-22-19-16-15-17-20-23-26-29-32-35-42(47)7-2/h16-17,19-20,25-26,28-29,32,35,42-43,47H,6-15,18,21-24,27,30-31,33-34,36-41H2,1-5H3/b19-16-,20-17-,28-25-,29-26-,35-32+/t42-,43-/m1/s1. The van der Waals surface area contributed by atoms with Crippen molar-refractivity contribution in [1.29, 1.82) is 0 Å². The van der Waals surface area contributed by atoms with Crippen LogP contribution in [0.15, 0.2) is 60.8 Å². The number of allylic oxidation sites excluding steroid dienone is 9. The zero-order valence-corrected chi connectivity index (χ0v) is 36.8. The first-order chi connectivity index (χ1) is 26.9. The molecule has 0 radical (unpaired) electrons. The van der Waals surface area contributed by atoms with Gasteiger partial charge in [0.25, 0.3) is 7.82 Å². The molecule has 0 saturated carbocycles. The Morgan fingerprint density at radius 2 is 1.18 bits per heavy atom. The summed E-state index contributed by atoms with van der Waals surface area (Å²) in [4.78, 5) is 37.5. The molecule has 0 aliphatic rings. The number of nitrogens with zero attached hydrogens (tertiary/aromatic N) is 1. The topological polar surface area (TPSA) is 131 Å². The Labute approximate surface area is 341 Å². The van der Waals surface area contributed by atoms with Crippen LogP contribution in [0.25, 0.3) is 0 Å². The lowest BCUT2D eigenvalue weighted by atomic mass is 10.0. The van der Waals surface area contributed by atoms with Gasteiger partial charge >= 0.3 is 11.9 Å². The van der Waals surface area contributed by atoms with Gasteiger partial charge in [-0.25, -0.2) is 0 Å². The Kier molecular flexibility index (Phi) is 35.4. The van der Waals surface area contributed by atoms with Crippen molar-refractivity contribution in [2.75, 3.05) is 47.5 Å². The molecule has 10 nitrogen and oxygen atoms in total. The minimum atomic E-state index is -4.65. The van der Waals surface area contributed by atoms with Crippen molar-refractivity contribution in [3.63, 3.8) is 0 Å². The third-order valence-corrected chi connectivity index (χ3v) is 9.92. The third-order valence-electron chi connectivity index (χ3n) is 8.96. The second-order valence-corrected chi connectivity index (χ2v) is 16.9. The van der Waals surface area contributed by atoms with Crippen molar-refractivity contribution in [3.8, 4) is 0 Å². The first-order valence-corrected chi connectivity index (χ1v) is 23.1. The van der Waals surface area contributed by atoms with Crippen LogP contribution in [-0.2, 0) is 32.7 Å². The number of aliphatic hydroxyl groups excluding tert-OH is 1. The van der Waals surface area contributed by atoms with Crippen molar-refractivity contribution in [2.45, 2.75) is 167 Å². The number of phosphoric acid groups is 1. The lowest BCUT2D eigenvalue weighted by molar-refractivity contribution is -0.870. The Hall–Kier alpha value is -2.33. The minimum Gasteiger partial charge on any atom is -0.756 e. The van der Waals surface area contributed by atoms with E-state index in [4.69, 9.17) is 18.5 Å². The summed E-state index contributed by atoms with van der Waals surface area (Å²) in [5.74, 6) is -0.923. The average Bonchev–Trinajstić information content (AvgIpc) is 3.15. The van der Waals surface area contributed by atoms with Crippen molar-refractivity contribution in [3.05, 3.63) is 60.8 Å². The van der Waals surface area contributed by atoms with Crippen LogP contribution in [0.4, 0.5) is 0 Å². The number of carbonyl (C=O) groups is 2. The van der Waals surface area contributed by atoms with Gasteiger partial charge in [-0.15, -0.1) is 0 Å². The number of esters is 2. The number of quaternary nitrogens is 1. The van der Waals surface area contributed by atoms with Gasteiger partial charge in [0, 0.05) is 12.8 Å². The highest BCUT2D eigenvalue weighted by Gasteiger charge is 2.21. The fraction of sp³-hybridized carbons (Fsp3) is 0.733. The molecule has 324 valence electrons. The van der Waals surface area contributed by atoms with Gasteiger partial charge in [0.1, 0.15) is 19.8 Å². The molecule has 0 bridgehead atoms. The quantitative estimate of drug-likeness (QED) is 0.0162. The molecule has 0 amide bonds. The number of hydrogen-bond acceptors (Lipinski definition) is 9. The van der Waals surface area contributed by atoms with Crippen molar-refractivity contribution < 1.29 is 47.2 Å². The van der Waals surface area contributed by atoms with Crippen LogP contribution < -0.4 is 4.89 Å². The molecule has 0 saturated heterocycles. The molecule has 0 fully saturated rings. The Morgan fingerprint density at radius 3 is 1.73 bits per heavy atom. The Morgan fingerprint density at radius 1 is 0.661 bits per heavy atom. The van der Waals surface area contributed by atoms with E-state index >= 15 is 0 Å². The summed E-state index contributed by atoms with van der Waals surface area (Å²) in [6.07, 6.45) is 40.6. The van der Waals surface area contributed by atoms with Gasteiger partial charge in [-0.1, -0.05) is 158 Å². The van der Waals surface area contributed by atoms with E-state index in [9.17, 15) is 24.2 Å². The van der Waals surface area contributed by atoms with E-state index in [1.165, 1.54) is 70.6 Å². The molecular weight excluding hydrogens is 729 g/mol. The summed E-state index contributed by atoms with van der Waals surface area (Å²) in [5.41, 5.74) is 0. The number of carbonyl (C=O) groups excluding carboxylic acids is 2. The fourth-order valence-electron chi connectivity index (χ4n) is 5.41. The molecule has 0 aromatic rings. The van der Waals surface area contributed by atoms with Gasteiger partial charge < -0.3 is 33.0 Å². The summed E-state index contributed by atoms with van der Waals surface area (Å²) in [6, 6.07) is 0. The maximum atomic E-state index is 12.6. The van der Waals surface area contributed by atoms with E-state index in [1.54, 1.807) is 6.08 Å². The minimum absolute atomic E-state index is 0.0495. The number of aliphatic hydroxyl groups is 1. The normalized spacial score (nSPS) is 14.8. The molecule has 11 heteroatoms. The SMILES string of the molecule is CCCCCCCCCCCCCCCCC(=O)OC[C@H](COP(=O)([O-])OCC[N+](C)(C)C)OC(=O)CCC/C=C\C/C=C\C/C=C\C/C=C\C=C\[C@H](O)CC. The van der Waals surface area contributed by atoms with Crippen LogP contribution >= 0.6 is 7.82 Å². The highest BCUT2D eigenvalue weighted by Crippen LogP contribution is 2.38. The molecule has 56 heavy (non-hydrogen) atoms. The summed E-state index contributed by atoms with van der Waals surface area (Å²) in [7, 11) is 1.10. The van der Waals surface area contributed by atoms with Crippen LogP contribution in [0.5, 0.6) is 0 Å². The molecule has 0 aliphatic heterocycles. The molecule has 3 atom stereocenters. The smallest absolute Gasteiger partial charge is 0.306 e. The van der Waals surface area contributed by atoms with Gasteiger partial charge in [0.15, 0.2) is 6.10 Å². The van der Waals surface area contributed by atoms with Crippen LogP contribution in [0.2, 0.25) is 0 Å². The van der Waals surface area contributed by atoms with Gasteiger partial charge in [-0.2, -0.15) is 0 Å². The van der Waals surface area contributed by atoms with Crippen LogP contribution in [0, 0.1) is 0 Å². The van der Waals surface area contributed by atoms with E-state index in [2.05, 4.69) is 31.2 Å². The monoisotopic (exact) mass is 810 g/mol. The Balaban J connectivity index is 4.50. The first-order valence-electron chi connectivity index (χ1n) is 21.6. The van der Waals surface area contributed by atoms with E-state index in [1.807, 2.05) is 58.4 Å². The number of hydrogen-bond donors (Lipinski definition) is 1. The second kappa shape index (κ2) is 37.0. The molecule has 0 spiro atoms. The largest absolute Gasteiger partial charge is 0.756 e. The lowest BCUT2D eigenvalue weighted by Gasteiger charge is -2.28. The number of ether oxygens (including phenoxy) is 2. The second-order valence-electron chi connectivity index (χ2n) is 15.5. The summed E-state index contributed by atoms with van der Waals surface area (Å²) < 4.78 is 33.8. The zero-order chi connectivity index (χ0) is 41.6. The Bertz CT molecular complexity index is 1160. The predicted molar refractivity (Wildman–Crippen MR) is 228 cm³/mol. The maximum Gasteiger partial charge on any atom is 0.306 e. The van der Waals surface area contributed by atoms with Gasteiger partial charge in [-0.3, -0.25) is 14.2 Å². The molecule has 0 aromatic heterocycles. The molecule has 1 unspecified atom stereocenters. The van der Waals surface area contributed by atoms with E-state index < -0.39 is 32.5 Å². The zero-order valence-electron chi connectivity index (χ0n) is 35.9. The molecule has 0 heterocycles. The molecule has 0 rings (SSSR count). The van der Waals surface area contributed by atoms with Gasteiger partial charge in [0.2, 0.25) is 0 Å². The van der Waals surface area contributed by atoms with Crippen molar-refractivity contribution in [1.82, 2.24) is 0 Å². The lowest BCUT2D eigenvalue weighted by Crippen LogP contribution is -2.37. The molecule has 1 N–H and O–H groups in total. The highest BCUT2D eigenvalue weighted by molar-refractivity contribution is 7.45. The maximum absolute atomic E-state index is 12.6. The average molecular weight is 810 g/mol. The predicted octanol–water partition coefficient (Wildman–Crippen LogP) is 10.4.